The van der Waals surface area contributed by atoms with Crippen LogP contribution in [0, 0.1) is 12.8 Å². The zero-order valence-electron chi connectivity index (χ0n) is 9.11. The zero-order chi connectivity index (χ0) is 11.7. The second kappa shape index (κ2) is 4.37. The van der Waals surface area contributed by atoms with Crippen molar-refractivity contribution in [3.63, 3.8) is 0 Å². The lowest BCUT2D eigenvalue weighted by molar-refractivity contribution is -0.117. The van der Waals surface area contributed by atoms with E-state index in [1.165, 1.54) is 0 Å². The second-order valence-electron chi connectivity index (χ2n) is 3.98. The van der Waals surface area contributed by atoms with E-state index in [-0.39, 0.29) is 11.8 Å². The molecule has 0 radical (unpaired) electrons. The lowest BCUT2D eigenvalue weighted by Crippen LogP contribution is -2.25. The van der Waals surface area contributed by atoms with Gasteiger partial charge in [0.05, 0.1) is 0 Å². The van der Waals surface area contributed by atoms with Gasteiger partial charge >= 0.3 is 0 Å². The Morgan fingerprint density at radius 2 is 2.38 bits per heavy atom. The largest absolute Gasteiger partial charge is 0.296 e. The number of aryl methyl sites for hydroxylation is 1. The van der Waals surface area contributed by atoms with E-state index in [4.69, 9.17) is 0 Å². The molecule has 0 aliphatic carbocycles. The minimum absolute atomic E-state index is 0.119. The third-order valence-electron chi connectivity index (χ3n) is 2.79. The van der Waals surface area contributed by atoms with Gasteiger partial charge in [-0.2, -0.15) is 0 Å². The highest BCUT2D eigenvalue weighted by Gasteiger charge is 2.29. The smallest absolute Gasteiger partial charge is 0.228 e. The Morgan fingerprint density at radius 1 is 1.62 bits per heavy atom. The highest BCUT2D eigenvalue weighted by molar-refractivity contribution is 9.10. The number of nitrogens with zero attached hydrogens (tertiary/aromatic N) is 2. The van der Waals surface area contributed by atoms with Crippen LogP contribution in [0.1, 0.15) is 12.0 Å². The number of carbonyl (C=O) groups is 1. The highest BCUT2D eigenvalue weighted by Crippen LogP contribution is 2.26. The maximum absolute atomic E-state index is 11.8. The van der Waals surface area contributed by atoms with Gasteiger partial charge in [-0.25, -0.2) is 4.98 Å². The van der Waals surface area contributed by atoms with E-state index in [9.17, 15) is 4.79 Å². The van der Waals surface area contributed by atoms with Crippen LogP contribution in [0.15, 0.2) is 29.4 Å². The molecule has 4 heteroatoms. The number of hydrogen-bond acceptors (Lipinski definition) is 2. The van der Waals surface area contributed by atoms with Gasteiger partial charge in [0.15, 0.2) is 0 Å². The first-order valence-electron chi connectivity index (χ1n) is 5.18. The van der Waals surface area contributed by atoms with Crippen LogP contribution in [0.4, 0.5) is 5.82 Å². The summed E-state index contributed by atoms with van der Waals surface area (Å²) in [4.78, 5) is 17.8. The molecule has 84 valence electrons. The summed E-state index contributed by atoms with van der Waals surface area (Å²) < 4.78 is 0.792. The predicted molar refractivity (Wildman–Crippen MR) is 67.3 cm³/mol. The number of anilines is 1. The Bertz CT molecular complexity index is 445. The lowest BCUT2D eigenvalue weighted by Gasteiger charge is -2.15. The van der Waals surface area contributed by atoms with Crippen molar-refractivity contribution >= 4 is 27.7 Å². The van der Waals surface area contributed by atoms with Gasteiger partial charge in [0.25, 0.3) is 0 Å². The van der Waals surface area contributed by atoms with Crippen LogP contribution < -0.4 is 4.90 Å². The van der Waals surface area contributed by atoms with Crippen LogP contribution in [-0.4, -0.2) is 17.4 Å². The van der Waals surface area contributed by atoms with Gasteiger partial charge in [-0.1, -0.05) is 12.1 Å². The van der Waals surface area contributed by atoms with E-state index in [1.807, 2.05) is 25.1 Å². The minimum Gasteiger partial charge on any atom is -0.296 e. The molecule has 2 rings (SSSR count). The van der Waals surface area contributed by atoms with Gasteiger partial charge in [0.2, 0.25) is 5.91 Å². The normalized spacial score (nSPS) is 20.2. The van der Waals surface area contributed by atoms with Crippen LogP contribution in [0.3, 0.4) is 0 Å². The number of amides is 1. The zero-order valence-corrected chi connectivity index (χ0v) is 10.7. The molecule has 2 heterocycles. The predicted octanol–water partition coefficient (Wildman–Crippen LogP) is 2.69. The molecule has 1 amide bonds. The molecular weight excluding hydrogens is 268 g/mol. The summed E-state index contributed by atoms with van der Waals surface area (Å²) in [6, 6.07) is 3.84. The number of hydrogen-bond donors (Lipinski definition) is 0. The van der Waals surface area contributed by atoms with Crippen molar-refractivity contribution in [2.75, 3.05) is 11.4 Å². The fourth-order valence-electron chi connectivity index (χ4n) is 1.76. The highest BCUT2D eigenvalue weighted by atomic mass is 79.9. The third kappa shape index (κ3) is 2.02. The van der Waals surface area contributed by atoms with E-state index in [2.05, 4.69) is 27.5 Å². The van der Waals surface area contributed by atoms with Crippen molar-refractivity contribution in [3.05, 3.63) is 35.0 Å². The molecule has 1 aromatic heterocycles. The third-order valence-corrected chi connectivity index (χ3v) is 3.59. The molecule has 0 N–H and O–H groups in total. The van der Waals surface area contributed by atoms with Crippen molar-refractivity contribution in [1.82, 2.24) is 4.98 Å². The van der Waals surface area contributed by atoms with Gasteiger partial charge in [0, 0.05) is 18.9 Å². The van der Waals surface area contributed by atoms with Crippen molar-refractivity contribution in [1.29, 1.82) is 0 Å². The molecule has 1 fully saturated rings. The maximum atomic E-state index is 11.8. The second-order valence-corrected chi connectivity index (χ2v) is 4.73. The van der Waals surface area contributed by atoms with Gasteiger partial charge in [-0.3, -0.25) is 9.69 Å². The van der Waals surface area contributed by atoms with Gasteiger partial charge < -0.3 is 0 Å². The molecule has 0 bridgehead atoms. The molecule has 1 aromatic rings. The Morgan fingerprint density at radius 3 is 2.94 bits per heavy atom. The summed E-state index contributed by atoms with van der Waals surface area (Å²) in [7, 11) is 0. The maximum Gasteiger partial charge on any atom is 0.228 e. The summed E-state index contributed by atoms with van der Waals surface area (Å²) in [5, 5.41) is 0. The first-order chi connectivity index (χ1) is 7.61. The summed E-state index contributed by atoms with van der Waals surface area (Å²) in [5.74, 6) is 1.08. The average molecular weight is 281 g/mol. The molecule has 1 saturated heterocycles. The number of pyridine rings is 1. The molecule has 1 atom stereocenters. The summed E-state index contributed by atoms with van der Waals surface area (Å²) in [6.07, 6.45) is 2.37. The lowest BCUT2D eigenvalue weighted by atomic mass is 10.1. The Labute approximate surface area is 103 Å². The number of rotatable bonds is 2. The number of carbonyl (C=O) groups excluding carboxylic acids is 1. The van der Waals surface area contributed by atoms with Crippen LogP contribution in [0.25, 0.3) is 0 Å². The van der Waals surface area contributed by atoms with Crippen molar-refractivity contribution in [2.45, 2.75) is 13.3 Å². The summed E-state index contributed by atoms with van der Waals surface area (Å²) in [6.45, 7) is 6.39. The molecular formula is C12H13BrN2O. The van der Waals surface area contributed by atoms with E-state index in [0.29, 0.717) is 18.8 Å². The van der Waals surface area contributed by atoms with Crippen LogP contribution in [-0.2, 0) is 4.79 Å². The summed E-state index contributed by atoms with van der Waals surface area (Å²) in [5.41, 5.74) is 1.07. The van der Waals surface area contributed by atoms with Gasteiger partial charge in [0.1, 0.15) is 10.4 Å². The number of halogens is 1. The summed E-state index contributed by atoms with van der Waals surface area (Å²) >= 11 is 3.38. The standard InChI is InChI=1S/C12H13BrN2O/c1-3-9-6-11(16)15(7-9)10-5-4-8(2)12(13)14-10/h3-5,9H,1,6-7H2,2H3. The van der Waals surface area contributed by atoms with Crippen molar-refractivity contribution in [2.24, 2.45) is 5.92 Å². The fourth-order valence-corrected chi connectivity index (χ4v) is 2.07. The van der Waals surface area contributed by atoms with Crippen LogP contribution >= 0.6 is 15.9 Å². The van der Waals surface area contributed by atoms with Crippen molar-refractivity contribution < 1.29 is 4.79 Å². The molecule has 0 spiro atoms. The van der Waals surface area contributed by atoms with Gasteiger partial charge in [-0.05, 0) is 34.5 Å². The van der Waals surface area contributed by atoms with Crippen LogP contribution in [0.2, 0.25) is 0 Å². The topological polar surface area (TPSA) is 33.2 Å². The quantitative estimate of drug-likeness (QED) is 0.617. The van der Waals surface area contributed by atoms with Gasteiger partial charge in [-0.15, -0.1) is 6.58 Å². The molecule has 0 saturated carbocycles. The Balaban J connectivity index is 2.27. The first-order valence-corrected chi connectivity index (χ1v) is 5.97. The monoisotopic (exact) mass is 280 g/mol. The number of aromatic nitrogens is 1. The fraction of sp³-hybridized carbons (Fsp3) is 0.333. The van der Waals surface area contributed by atoms with E-state index in [1.54, 1.807) is 4.90 Å². The van der Waals surface area contributed by atoms with E-state index in [0.717, 1.165) is 10.2 Å². The minimum atomic E-state index is 0.119. The molecule has 3 nitrogen and oxygen atoms in total. The first kappa shape index (κ1) is 11.3. The Hall–Kier alpha value is -1.16. The van der Waals surface area contributed by atoms with E-state index < -0.39 is 0 Å². The molecule has 0 aromatic carbocycles. The van der Waals surface area contributed by atoms with E-state index >= 15 is 0 Å². The average Bonchev–Trinajstić information content (AvgIpc) is 2.64. The molecule has 1 aliphatic heterocycles. The molecule has 1 aliphatic rings. The van der Waals surface area contributed by atoms with Crippen LogP contribution in [0.5, 0.6) is 0 Å². The Kier molecular flexibility index (Phi) is 3.10. The molecule has 1 unspecified atom stereocenters. The van der Waals surface area contributed by atoms with Crippen molar-refractivity contribution in [3.8, 4) is 0 Å². The molecule has 16 heavy (non-hydrogen) atoms. The SMILES string of the molecule is C=CC1CC(=O)N(c2ccc(C)c(Br)n2)C1.